The molecule has 2 N–H and O–H groups in total. The molecular weight excluding hydrogens is 196 g/mol. The minimum Gasteiger partial charge on any atom is -0.383 e. The summed E-state index contributed by atoms with van der Waals surface area (Å²) in [6, 6.07) is 0.448. The highest BCUT2D eigenvalue weighted by Crippen LogP contribution is 1.78. The molecule has 0 aromatic carbocycles. The van der Waals surface area contributed by atoms with Crippen LogP contribution < -0.4 is 10.6 Å². The Morgan fingerprint density at radius 3 is 2.60 bits per heavy atom. The van der Waals surface area contributed by atoms with Crippen LogP contribution in [0.1, 0.15) is 13.8 Å². The van der Waals surface area contributed by atoms with E-state index in [2.05, 4.69) is 24.5 Å². The molecule has 0 aliphatic heterocycles. The summed E-state index contributed by atoms with van der Waals surface area (Å²) in [5.41, 5.74) is 0. The third kappa shape index (κ3) is 11.3. The molecule has 0 unspecified atom stereocenters. The Kier molecular flexibility index (Phi) is 9.46. The maximum Gasteiger partial charge on any atom is 0.246 e. The number of methoxy groups -OCH3 is 1. The van der Waals surface area contributed by atoms with Crippen LogP contribution in [0.15, 0.2) is 0 Å². The molecule has 0 spiro atoms. The van der Waals surface area contributed by atoms with E-state index in [9.17, 15) is 4.79 Å². The second-order valence-corrected chi connectivity index (χ2v) is 3.50. The zero-order valence-corrected chi connectivity index (χ0v) is 9.84. The number of hydrogen-bond donors (Lipinski definition) is 2. The Labute approximate surface area is 91.5 Å². The summed E-state index contributed by atoms with van der Waals surface area (Å²) in [7, 11) is 1.60. The van der Waals surface area contributed by atoms with Gasteiger partial charge in [0.2, 0.25) is 5.91 Å². The van der Waals surface area contributed by atoms with Crippen LogP contribution in [0.25, 0.3) is 0 Å². The Morgan fingerprint density at radius 2 is 2.00 bits per heavy atom. The number of nitrogens with one attached hydrogen (secondary N) is 2. The van der Waals surface area contributed by atoms with Crippen molar-refractivity contribution in [2.75, 3.05) is 40.0 Å². The number of hydrogen-bond acceptors (Lipinski definition) is 4. The zero-order valence-electron chi connectivity index (χ0n) is 9.84. The molecule has 1 amide bonds. The predicted octanol–water partition coefficient (Wildman–Crippen LogP) is -0.236. The van der Waals surface area contributed by atoms with Gasteiger partial charge in [-0.1, -0.05) is 13.8 Å². The highest BCUT2D eigenvalue weighted by Gasteiger charge is 1.99. The van der Waals surface area contributed by atoms with Crippen LogP contribution in [-0.2, 0) is 14.3 Å². The molecule has 0 bridgehead atoms. The first-order chi connectivity index (χ1) is 7.16. The van der Waals surface area contributed by atoms with Gasteiger partial charge in [0.25, 0.3) is 0 Å². The van der Waals surface area contributed by atoms with Crippen molar-refractivity contribution in [2.45, 2.75) is 19.9 Å². The van der Waals surface area contributed by atoms with E-state index in [4.69, 9.17) is 9.47 Å². The first kappa shape index (κ1) is 14.3. The van der Waals surface area contributed by atoms with Crippen LogP contribution in [0, 0.1) is 0 Å². The molecule has 0 aromatic rings. The first-order valence-corrected chi connectivity index (χ1v) is 5.23. The molecule has 0 aromatic heterocycles. The van der Waals surface area contributed by atoms with Gasteiger partial charge in [-0.2, -0.15) is 0 Å². The summed E-state index contributed by atoms with van der Waals surface area (Å²) >= 11 is 0. The van der Waals surface area contributed by atoms with Crippen LogP contribution in [0.4, 0.5) is 0 Å². The SMILES string of the molecule is COCCNC(=O)COCCNC(C)C. The molecule has 0 rings (SSSR count). The van der Waals surface area contributed by atoms with E-state index < -0.39 is 0 Å². The fourth-order valence-electron chi connectivity index (χ4n) is 0.928. The van der Waals surface area contributed by atoms with E-state index >= 15 is 0 Å². The first-order valence-electron chi connectivity index (χ1n) is 5.23. The molecule has 90 valence electrons. The van der Waals surface area contributed by atoms with Crippen LogP contribution in [-0.4, -0.2) is 52.0 Å². The van der Waals surface area contributed by atoms with Crippen molar-refractivity contribution in [1.82, 2.24) is 10.6 Å². The van der Waals surface area contributed by atoms with Crippen molar-refractivity contribution in [2.24, 2.45) is 0 Å². The smallest absolute Gasteiger partial charge is 0.246 e. The van der Waals surface area contributed by atoms with E-state index in [-0.39, 0.29) is 12.5 Å². The Bertz CT molecular complexity index is 163. The van der Waals surface area contributed by atoms with E-state index in [1.165, 1.54) is 0 Å². The van der Waals surface area contributed by atoms with Crippen molar-refractivity contribution in [3.8, 4) is 0 Å². The topological polar surface area (TPSA) is 59.6 Å². The molecule has 15 heavy (non-hydrogen) atoms. The number of carbonyl (C=O) groups excluding carboxylic acids is 1. The molecule has 0 radical (unpaired) electrons. The molecule has 0 saturated carbocycles. The maximum atomic E-state index is 11.1. The largest absolute Gasteiger partial charge is 0.383 e. The molecule has 0 heterocycles. The fourth-order valence-corrected chi connectivity index (χ4v) is 0.928. The minimum atomic E-state index is -0.100. The quantitative estimate of drug-likeness (QED) is 0.525. The van der Waals surface area contributed by atoms with Gasteiger partial charge in [-0.3, -0.25) is 4.79 Å². The van der Waals surface area contributed by atoms with E-state index in [1.54, 1.807) is 7.11 Å². The van der Waals surface area contributed by atoms with E-state index in [0.29, 0.717) is 25.8 Å². The summed E-state index contributed by atoms with van der Waals surface area (Å²) in [4.78, 5) is 11.1. The lowest BCUT2D eigenvalue weighted by Crippen LogP contribution is -2.32. The van der Waals surface area contributed by atoms with Crippen molar-refractivity contribution in [3.63, 3.8) is 0 Å². The highest BCUT2D eigenvalue weighted by molar-refractivity contribution is 5.77. The van der Waals surface area contributed by atoms with Crippen molar-refractivity contribution in [1.29, 1.82) is 0 Å². The number of amides is 1. The lowest BCUT2D eigenvalue weighted by atomic mass is 10.4. The molecule has 0 aliphatic carbocycles. The maximum absolute atomic E-state index is 11.1. The van der Waals surface area contributed by atoms with Gasteiger partial charge >= 0.3 is 0 Å². The van der Waals surface area contributed by atoms with Crippen LogP contribution in [0.3, 0.4) is 0 Å². The number of rotatable bonds is 9. The molecule has 0 saturated heterocycles. The van der Waals surface area contributed by atoms with Gasteiger partial charge in [-0.05, 0) is 0 Å². The third-order valence-electron chi connectivity index (χ3n) is 1.66. The zero-order chi connectivity index (χ0) is 11.5. The standard InChI is InChI=1S/C10H22N2O3/c1-9(2)11-5-7-15-8-10(13)12-4-6-14-3/h9,11H,4-8H2,1-3H3,(H,12,13). The number of carbonyl (C=O) groups is 1. The lowest BCUT2D eigenvalue weighted by Gasteiger charge is -2.08. The molecule has 0 aliphatic rings. The highest BCUT2D eigenvalue weighted by atomic mass is 16.5. The summed E-state index contributed by atoms with van der Waals surface area (Å²) in [5.74, 6) is -0.100. The average molecular weight is 218 g/mol. The van der Waals surface area contributed by atoms with Crippen molar-refractivity contribution in [3.05, 3.63) is 0 Å². The van der Waals surface area contributed by atoms with Crippen molar-refractivity contribution < 1.29 is 14.3 Å². The number of ether oxygens (including phenoxy) is 2. The van der Waals surface area contributed by atoms with Gasteiger partial charge in [0.15, 0.2) is 0 Å². The summed E-state index contributed by atoms with van der Waals surface area (Å²) in [6.45, 7) is 6.63. The van der Waals surface area contributed by atoms with Crippen LogP contribution in [0.2, 0.25) is 0 Å². The summed E-state index contributed by atoms with van der Waals surface area (Å²) < 4.78 is 9.96. The molecule has 5 nitrogen and oxygen atoms in total. The van der Waals surface area contributed by atoms with Gasteiger partial charge in [0.05, 0.1) is 13.2 Å². The monoisotopic (exact) mass is 218 g/mol. The molecule has 5 heteroatoms. The minimum absolute atomic E-state index is 0.100. The lowest BCUT2D eigenvalue weighted by molar-refractivity contribution is -0.125. The van der Waals surface area contributed by atoms with Crippen molar-refractivity contribution >= 4 is 5.91 Å². The normalized spacial score (nSPS) is 10.7. The average Bonchev–Trinajstić information content (AvgIpc) is 2.17. The second-order valence-electron chi connectivity index (χ2n) is 3.50. The van der Waals surface area contributed by atoms with Crippen LogP contribution in [0.5, 0.6) is 0 Å². The molecule has 0 fully saturated rings. The van der Waals surface area contributed by atoms with Crippen LogP contribution >= 0.6 is 0 Å². The Morgan fingerprint density at radius 1 is 1.27 bits per heavy atom. The molecular formula is C10H22N2O3. The van der Waals surface area contributed by atoms with Gasteiger partial charge in [0.1, 0.15) is 6.61 Å². The van der Waals surface area contributed by atoms with E-state index in [1.807, 2.05) is 0 Å². The summed E-state index contributed by atoms with van der Waals surface area (Å²) in [6.07, 6.45) is 0. The van der Waals surface area contributed by atoms with Gasteiger partial charge in [-0.15, -0.1) is 0 Å². The van der Waals surface area contributed by atoms with Gasteiger partial charge in [0, 0.05) is 26.2 Å². The summed E-state index contributed by atoms with van der Waals surface area (Å²) in [5, 5.41) is 5.87. The van der Waals surface area contributed by atoms with Gasteiger partial charge in [-0.25, -0.2) is 0 Å². The van der Waals surface area contributed by atoms with E-state index in [0.717, 1.165) is 6.54 Å². The Balaban J connectivity index is 3.17. The third-order valence-corrected chi connectivity index (χ3v) is 1.66. The second kappa shape index (κ2) is 9.89. The fraction of sp³-hybridized carbons (Fsp3) is 0.900. The van der Waals surface area contributed by atoms with Gasteiger partial charge < -0.3 is 20.1 Å². The predicted molar refractivity (Wildman–Crippen MR) is 58.8 cm³/mol. The molecule has 0 atom stereocenters. The Hall–Kier alpha value is -0.650.